The molecule has 1 unspecified atom stereocenters. The van der Waals surface area contributed by atoms with E-state index in [2.05, 4.69) is 57.3 Å². The van der Waals surface area contributed by atoms with Crippen LogP contribution in [0.15, 0.2) is 24.3 Å². The monoisotopic (exact) mass is 273 g/mol. The highest BCUT2D eigenvalue weighted by Gasteiger charge is 2.51. The van der Waals surface area contributed by atoms with Crippen molar-refractivity contribution < 1.29 is 9.31 Å². The van der Waals surface area contributed by atoms with Crippen LogP contribution < -0.4 is 10.8 Å². The number of hydrogen-bond acceptors (Lipinski definition) is 3. The van der Waals surface area contributed by atoms with Crippen LogP contribution in [0.5, 0.6) is 0 Å². The minimum absolute atomic E-state index is 0.263. The fraction of sp³-hybridized carbons (Fsp3) is 0.625. The lowest BCUT2D eigenvalue weighted by atomic mass is 9.78. The van der Waals surface area contributed by atoms with Gasteiger partial charge in [-0.3, -0.25) is 0 Å². The third-order valence-electron chi connectivity index (χ3n) is 4.90. The maximum Gasteiger partial charge on any atom is 0.494 e. The van der Waals surface area contributed by atoms with Crippen molar-refractivity contribution in [2.24, 2.45) is 0 Å². The summed E-state index contributed by atoms with van der Waals surface area (Å²) in [6.07, 6.45) is 2.47. The molecule has 2 aliphatic rings. The van der Waals surface area contributed by atoms with E-state index < -0.39 is 0 Å². The third-order valence-corrected chi connectivity index (χ3v) is 4.90. The molecule has 1 atom stereocenters. The van der Waals surface area contributed by atoms with Crippen LogP contribution in [-0.2, 0) is 9.31 Å². The highest BCUT2D eigenvalue weighted by atomic mass is 16.7. The topological polar surface area (TPSA) is 30.5 Å². The smallest absolute Gasteiger partial charge is 0.399 e. The molecular formula is C16H24BNO2. The van der Waals surface area contributed by atoms with Crippen LogP contribution in [0.3, 0.4) is 0 Å². The molecule has 20 heavy (non-hydrogen) atoms. The van der Waals surface area contributed by atoms with Gasteiger partial charge in [0.15, 0.2) is 0 Å². The van der Waals surface area contributed by atoms with Gasteiger partial charge in [-0.15, -0.1) is 0 Å². The van der Waals surface area contributed by atoms with Crippen molar-refractivity contribution in [2.75, 3.05) is 6.54 Å². The average molecular weight is 273 g/mol. The van der Waals surface area contributed by atoms with E-state index in [0.29, 0.717) is 6.04 Å². The van der Waals surface area contributed by atoms with Gasteiger partial charge >= 0.3 is 7.12 Å². The molecule has 0 aliphatic carbocycles. The quantitative estimate of drug-likeness (QED) is 0.839. The predicted molar refractivity (Wildman–Crippen MR) is 82.1 cm³/mol. The molecule has 3 rings (SSSR count). The number of hydrogen-bond donors (Lipinski definition) is 1. The van der Waals surface area contributed by atoms with E-state index >= 15 is 0 Å². The maximum absolute atomic E-state index is 6.13. The Morgan fingerprint density at radius 2 is 1.85 bits per heavy atom. The van der Waals surface area contributed by atoms with Crippen molar-refractivity contribution in [2.45, 2.75) is 57.8 Å². The first kappa shape index (κ1) is 14.1. The lowest BCUT2D eigenvalue weighted by Crippen LogP contribution is -2.41. The summed E-state index contributed by atoms with van der Waals surface area (Å²) in [6, 6.07) is 9.11. The van der Waals surface area contributed by atoms with Crippen molar-refractivity contribution in [1.82, 2.24) is 5.32 Å². The molecule has 2 aliphatic heterocycles. The molecule has 2 heterocycles. The predicted octanol–water partition coefficient (Wildman–Crippen LogP) is 2.41. The molecular weight excluding hydrogens is 249 g/mol. The Morgan fingerprint density at radius 1 is 1.15 bits per heavy atom. The zero-order valence-electron chi connectivity index (χ0n) is 12.9. The summed E-state index contributed by atoms with van der Waals surface area (Å²) in [5.41, 5.74) is 1.91. The molecule has 1 aromatic carbocycles. The van der Waals surface area contributed by atoms with Crippen LogP contribution in [-0.4, -0.2) is 24.9 Å². The molecule has 0 amide bonds. The Balaban J connectivity index is 1.83. The second kappa shape index (κ2) is 4.87. The van der Waals surface area contributed by atoms with Crippen LogP contribution in [0.4, 0.5) is 0 Å². The summed E-state index contributed by atoms with van der Waals surface area (Å²) in [6.45, 7) is 9.49. The first-order valence-corrected chi connectivity index (χ1v) is 7.58. The van der Waals surface area contributed by atoms with Gasteiger partial charge in [0.05, 0.1) is 11.2 Å². The van der Waals surface area contributed by atoms with Gasteiger partial charge < -0.3 is 14.6 Å². The molecule has 2 fully saturated rings. The molecule has 1 N–H and O–H groups in total. The summed E-state index contributed by atoms with van der Waals surface area (Å²) in [4.78, 5) is 0. The Bertz CT molecular complexity index is 479. The highest BCUT2D eigenvalue weighted by Crippen LogP contribution is 2.36. The number of rotatable bonds is 2. The molecule has 108 valence electrons. The Labute approximate surface area is 122 Å². The lowest BCUT2D eigenvalue weighted by molar-refractivity contribution is 0.00578. The Morgan fingerprint density at radius 3 is 2.45 bits per heavy atom. The van der Waals surface area contributed by atoms with E-state index in [1.807, 2.05) is 0 Å². The Kier molecular flexibility index (Phi) is 3.43. The molecule has 0 aromatic heterocycles. The van der Waals surface area contributed by atoms with Crippen LogP contribution in [0.2, 0.25) is 0 Å². The SMILES string of the molecule is CC1(C)OB(c2cccc(C3CCCN3)c2)OC1(C)C. The minimum atomic E-state index is -0.278. The standard InChI is InChI=1S/C16H24BNO2/c1-15(2)16(3,4)20-17(19-15)13-8-5-7-12(11-13)14-9-6-10-18-14/h5,7-8,11,14,18H,6,9-10H2,1-4H3. The first-order chi connectivity index (χ1) is 9.39. The van der Waals surface area contributed by atoms with Crippen LogP contribution in [0.25, 0.3) is 0 Å². The Hall–Kier alpha value is -0.835. The van der Waals surface area contributed by atoms with Gasteiger partial charge in [-0.05, 0) is 58.1 Å². The molecule has 3 nitrogen and oxygen atoms in total. The summed E-state index contributed by atoms with van der Waals surface area (Å²) < 4.78 is 12.3. The van der Waals surface area contributed by atoms with Crippen LogP contribution in [0.1, 0.15) is 52.1 Å². The zero-order chi connectivity index (χ0) is 14.4. The van der Waals surface area contributed by atoms with Gasteiger partial charge in [-0.2, -0.15) is 0 Å². The van der Waals surface area contributed by atoms with Gasteiger partial charge in [0.1, 0.15) is 0 Å². The van der Waals surface area contributed by atoms with E-state index in [-0.39, 0.29) is 18.3 Å². The second-order valence-electron chi connectivity index (χ2n) is 6.91. The van der Waals surface area contributed by atoms with Gasteiger partial charge in [0.25, 0.3) is 0 Å². The van der Waals surface area contributed by atoms with Crippen molar-refractivity contribution in [3.8, 4) is 0 Å². The zero-order valence-corrected chi connectivity index (χ0v) is 12.9. The lowest BCUT2D eigenvalue weighted by Gasteiger charge is -2.32. The third kappa shape index (κ3) is 2.41. The van der Waals surface area contributed by atoms with E-state index in [0.717, 1.165) is 12.0 Å². The van der Waals surface area contributed by atoms with Crippen molar-refractivity contribution in [3.05, 3.63) is 29.8 Å². The molecule has 0 spiro atoms. The molecule has 0 bridgehead atoms. The number of benzene rings is 1. The molecule has 1 aromatic rings. The van der Waals surface area contributed by atoms with Crippen molar-refractivity contribution in [3.63, 3.8) is 0 Å². The van der Waals surface area contributed by atoms with Crippen LogP contribution in [0, 0.1) is 0 Å². The molecule has 2 saturated heterocycles. The normalized spacial score (nSPS) is 28.0. The largest absolute Gasteiger partial charge is 0.494 e. The second-order valence-corrected chi connectivity index (χ2v) is 6.91. The van der Waals surface area contributed by atoms with Crippen molar-refractivity contribution >= 4 is 12.6 Å². The molecule has 4 heteroatoms. The summed E-state index contributed by atoms with van der Waals surface area (Å²) in [5, 5.41) is 3.54. The van der Waals surface area contributed by atoms with Crippen LogP contribution >= 0.6 is 0 Å². The molecule has 0 radical (unpaired) electrons. The van der Waals surface area contributed by atoms with Gasteiger partial charge in [-0.25, -0.2) is 0 Å². The number of nitrogens with one attached hydrogen (secondary N) is 1. The first-order valence-electron chi connectivity index (χ1n) is 7.58. The van der Waals surface area contributed by atoms with E-state index in [1.165, 1.54) is 18.4 Å². The van der Waals surface area contributed by atoms with E-state index in [9.17, 15) is 0 Å². The fourth-order valence-electron chi connectivity index (χ4n) is 2.87. The maximum atomic E-state index is 6.13. The van der Waals surface area contributed by atoms with Gasteiger partial charge in [-0.1, -0.05) is 24.3 Å². The fourth-order valence-corrected chi connectivity index (χ4v) is 2.87. The van der Waals surface area contributed by atoms with Gasteiger partial charge in [0, 0.05) is 6.04 Å². The minimum Gasteiger partial charge on any atom is -0.399 e. The highest BCUT2D eigenvalue weighted by molar-refractivity contribution is 6.62. The van der Waals surface area contributed by atoms with E-state index in [1.54, 1.807) is 0 Å². The van der Waals surface area contributed by atoms with Gasteiger partial charge in [0.2, 0.25) is 0 Å². The summed E-state index contributed by atoms with van der Waals surface area (Å²) in [5.74, 6) is 0. The molecule has 0 saturated carbocycles. The van der Waals surface area contributed by atoms with Crippen molar-refractivity contribution in [1.29, 1.82) is 0 Å². The summed E-state index contributed by atoms with van der Waals surface area (Å²) >= 11 is 0. The van der Waals surface area contributed by atoms with E-state index in [4.69, 9.17) is 9.31 Å². The summed E-state index contributed by atoms with van der Waals surface area (Å²) in [7, 11) is -0.263. The average Bonchev–Trinajstić information content (AvgIpc) is 2.97.